The van der Waals surface area contributed by atoms with E-state index in [2.05, 4.69) is 15.3 Å². The van der Waals surface area contributed by atoms with Crippen molar-refractivity contribution in [1.82, 2.24) is 20.2 Å². The summed E-state index contributed by atoms with van der Waals surface area (Å²) < 4.78 is 31.3. The van der Waals surface area contributed by atoms with Gasteiger partial charge in [-0.05, 0) is 84.8 Å². The van der Waals surface area contributed by atoms with Crippen LogP contribution in [0.4, 0.5) is 4.79 Å². The maximum Gasteiger partial charge on any atom is 0.408 e. The molecule has 2 aromatic heterocycles. The number of amides is 1. The van der Waals surface area contributed by atoms with Crippen molar-refractivity contribution in [1.29, 1.82) is 0 Å². The van der Waals surface area contributed by atoms with Crippen LogP contribution in [0.3, 0.4) is 0 Å². The molecule has 2 aromatic rings. The Bertz CT molecular complexity index is 1750. The number of aliphatic hydroxyl groups is 1. The van der Waals surface area contributed by atoms with E-state index in [1.165, 1.54) is 6.92 Å². The SMILES string of the molecule is CCC1OC(=O)[C@H](C)C(=O)[C@H](C)[C@@H](O[C@@H]2O[C@H](C)C[C@H](N(C)C)[C@H]2O)[C@](C)(OC/C=C/c2cnc3cccnc3c2)C[C@@H](C)C(=O)[C@H](C)[C@H]2NC(=O)O[C@]12C. The number of Topliss-reactive ketones (excluding diaryl/α,β-unsaturated/α-hetero) is 2. The Morgan fingerprint density at radius 1 is 1.04 bits per heavy atom. The van der Waals surface area contributed by atoms with E-state index < -0.39 is 83.4 Å². The van der Waals surface area contributed by atoms with Gasteiger partial charge in [0.15, 0.2) is 17.7 Å². The van der Waals surface area contributed by atoms with E-state index in [0.29, 0.717) is 6.42 Å². The number of esters is 1. The summed E-state index contributed by atoms with van der Waals surface area (Å²) in [5.41, 5.74) is -0.455. The van der Waals surface area contributed by atoms with E-state index >= 15 is 0 Å². The van der Waals surface area contributed by atoms with Gasteiger partial charge < -0.3 is 39.0 Å². The number of hydrogen-bond donors (Lipinski definition) is 2. The van der Waals surface area contributed by atoms with Crippen LogP contribution in [0.15, 0.2) is 36.7 Å². The van der Waals surface area contributed by atoms with Crippen molar-refractivity contribution in [2.24, 2.45) is 23.7 Å². The van der Waals surface area contributed by atoms with E-state index in [-0.39, 0.29) is 37.4 Å². The number of rotatable bonds is 8. The van der Waals surface area contributed by atoms with Crippen LogP contribution < -0.4 is 5.32 Å². The Kier molecular flexibility index (Phi) is 13.2. The molecule has 302 valence electrons. The first-order chi connectivity index (χ1) is 25.9. The fraction of sp³-hybridized carbons (Fsp3) is 0.659. The molecule has 55 heavy (non-hydrogen) atoms. The van der Waals surface area contributed by atoms with Gasteiger partial charge in [0.2, 0.25) is 0 Å². The maximum absolute atomic E-state index is 14.4. The molecule has 13 atom stereocenters. The summed E-state index contributed by atoms with van der Waals surface area (Å²) in [5.74, 6) is -5.17. The van der Waals surface area contributed by atoms with Gasteiger partial charge in [0.05, 0.1) is 41.5 Å². The number of nitrogens with one attached hydrogen (secondary N) is 1. The third-order valence-electron chi connectivity index (χ3n) is 11.8. The van der Waals surface area contributed by atoms with E-state index in [1.54, 1.807) is 60.0 Å². The van der Waals surface area contributed by atoms with E-state index in [0.717, 1.165) is 16.6 Å². The molecule has 0 aliphatic carbocycles. The number of cyclic esters (lactones) is 1. The normalized spacial score (nSPS) is 38.1. The summed E-state index contributed by atoms with van der Waals surface area (Å²) in [5, 5.41) is 14.4. The van der Waals surface area contributed by atoms with Crippen LogP contribution in [0.1, 0.15) is 80.2 Å². The number of carbonyl (C=O) groups excluding carboxylic acids is 4. The topological polar surface area (TPSA) is 176 Å². The first-order valence-electron chi connectivity index (χ1n) is 19.3. The van der Waals surface area contributed by atoms with E-state index in [1.807, 2.05) is 50.2 Å². The zero-order valence-corrected chi connectivity index (χ0v) is 33.7. The van der Waals surface area contributed by atoms with Crippen LogP contribution in [0, 0.1) is 23.7 Å². The van der Waals surface area contributed by atoms with Gasteiger partial charge in [-0.1, -0.05) is 39.8 Å². The van der Waals surface area contributed by atoms with Gasteiger partial charge in [0.25, 0.3) is 0 Å². The zero-order valence-electron chi connectivity index (χ0n) is 33.7. The lowest BCUT2D eigenvalue weighted by Crippen LogP contribution is -2.60. The first kappa shape index (κ1) is 42.3. The van der Waals surface area contributed by atoms with Crippen LogP contribution >= 0.6 is 0 Å². The monoisotopic (exact) mass is 766 g/mol. The molecule has 3 aliphatic heterocycles. The fourth-order valence-electron chi connectivity index (χ4n) is 8.61. The Morgan fingerprint density at radius 3 is 2.45 bits per heavy atom. The molecule has 0 aromatic carbocycles. The number of hydrogen-bond acceptors (Lipinski definition) is 13. The van der Waals surface area contributed by atoms with E-state index in [4.69, 9.17) is 23.7 Å². The Morgan fingerprint density at radius 2 is 1.76 bits per heavy atom. The third-order valence-corrected chi connectivity index (χ3v) is 11.8. The van der Waals surface area contributed by atoms with Gasteiger partial charge in [0.1, 0.15) is 23.9 Å². The fourth-order valence-corrected chi connectivity index (χ4v) is 8.61. The Hall–Kier alpha value is -3.82. The van der Waals surface area contributed by atoms with Crippen molar-refractivity contribution in [3.05, 3.63) is 42.2 Å². The Balaban J connectivity index is 1.56. The number of ketones is 2. The minimum absolute atomic E-state index is 0.0408. The number of aromatic nitrogens is 2. The summed E-state index contributed by atoms with van der Waals surface area (Å²) in [4.78, 5) is 66.1. The molecule has 3 aliphatic rings. The van der Waals surface area contributed by atoms with Crippen LogP contribution in [-0.2, 0) is 38.1 Å². The highest BCUT2D eigenvalue weighted by molar-refractivity contribution is 6.00. The molecule has 2 N–H and O–H groups in total. The average molecular weight is 767 g/mol. The largest absolute Gasteiger partial charge is 0.458 e. The van der Waals surface area contributed by atoms with Crippen molar-refractivity contribution in [2.45, 2.75) is 129 Å². The maximum atomic E-state index is 14.4. The van der Waals surface area contributed by atoms with Gasteiger partial charge in [-0.3, -0.25) is 24.4 Å². The van der Waals surface area contributed by atoms with Gasteiger partial charge >= 0.3 is 12.1 Å². The third kappa shape index (κ3) is 8.93. The predicted octanol–water partition coefficient (Wildman–Crippen LogP) is 4.50. The van der Waals surface area contributed by atoms with Crippen molar-refractivity contribution < 1.29 is 48.0 Å². The molecule has 5 rings (SSSR count). The standard InChI is InChI=1S/C41H58N4O10/c1-11-31-41(8)35(44-39(50)55-41)24(4)32(46)22(2)20-40(7,51-17-13-14-27-19-29-28(43-21-27)15-12-16-42-29)36(25(5)33(47)26(6)37(49)53-31)54-38-34(48)30(45(9)10)18-23(3)52-38/h12-16,19,21-26,30-31,34-36,38,48H,11,17-18,20H2,1-10H3,(H,44,50)/b14-13+/t22-,23-,24+,25+,26-,30+,31?,34-,35-,36-,38+,40-,41-/m1/s1. The molecule has 1 unspecified atom stereocenters. The predicted molar refractivity (Wildman–Crippen MR) is 204 cm³/mol. The first-order valence-corrected chi connectivity index (χ1v) is 19.3. The molecule has 3 saturated heterocycles. The van der Waals surface area contributed by atoms with Gasteiger partial charge in [0, 0.05) is 36.2 Å². The smallest absolute Gasteiger partial charge is 0.408 e. The second kappa shape index (κ2) is 17.1. The number of likely N-dealkylation sites (N-methyl/N-ethyl adjacent to an activating group) is 1. The molecule has 14 heteroatoms. The minimum Gasteiger partial charge on any atom is -0.458 e. The van der Waals surface area contributed by atoms with Crippen molar-refractivity contribution in [3.8, 4) is 0 Å². The quantitative estimate of drug-likeness (QED) is 0.284. The van der Waals surface area contributed by atoms with Crippen LogP contribution in [-0.4, -0.2) is 118 Å². The molecule has 1 amide bonds. The summed E-state index contributed by atoms with van der Waals surface area (Å²) in [6.07, 6.45) is 2.66. The highest BCUT2D eigenvalue weighted by atomic mass is 16.7. The Labute approximate surface area is 323 Å². The number of carbonyl (C=O) groups is 4. The van der Waals surface area contributed by atoms with E-state index in [9.17, 15) is 24.3 Å². The summed E-state index contributed by atoms with van der Waals surface area (Å²) in [7, 11) is 3.73. The number of pyridine rings is 2. The number of aliphatic hydroxyl groups excluding tert-OH is 1. The van der Waals surface area contributed by atoms with Crippen molar-refractivity contribution in [2.75, 3.05) is 20.7 Å². The second-order valence-corrected chi connectivity index (χ2v) is 16.2. The summed E-state index contributed by atoms with van der Waals surface area (Å²) in [6.45, 7) is 13.8. The van der Waals surface area contributed by atoms with Crippen LogP contribution in [0.25, 0.3) is 17.1 Å². The lowest BCUT2D eigenvalue weighted by molar-refractivity contribution is -0.296. The number of ether oxygens (including phenoxy) is 5. The summed E-state index contributed by atoms with van der Waals surface area (Å²) >= 11 is 0. The molecule has 0 spiro atoms. The highest BCUT2D eigenvalue weighted by Gasteiger charge is 2.57. The zero-order chi connectivity index (χ0) is 40.4. The molecule has 5 heterocycles. The second-order valence-electron chi connectivity index (χ2n) is 16.2. The summed E-state index contributed by atoms with van der Waals surface area (Å²) in [6, 6.07) is 4.47. The van der Waals surface area contributed by atoms with Gasteiger partial charge in [-0.2, -0.15) is 0 Å². The number of nitrogens with zero attached hydrogens (tertiary/aromatic N) is 3. The molecule has 0 bridgehead atoms. The molecule has 0 radical (unpaired) electrons. The van der Waals surface area contributed by atoms with Crippen LogP contribution in [0.5, 0.6) is 0 Å². The lowest BCUT2D eigenvalue weighted by atomic mass is 9.73. The van der Waals surface area contributed by atoms with Crippen LogP contribution in [0.2, 0.25) is 0 Å². The number of fused-ring (bicyclic) bond motifs is 2. The minimum atomic E-state index is -1.38. The van der Waals surface area contributed by atoms with Gasteiger partial charge in [-0.15, -0.1) is 0 Å². The lowest BCUT2D eigenvalue weighted by Gasteiger charge is -2.47. The molecule has 0 saturated carbocycles. The molecular weight excluding hydrogens is 708 g/mol. The van der Waals surface area contributed by atoms with Crippen molar-refractivity contribution >= 4 is 40.7 Å². The van der Waals surface area contributed by atoms with Gasteiger partial charge in [-0.25, -0.2) is 4.79 Å². The van der Waals surface area contributed by atoms with Crippen molar-refractivity contribution in [3.63, 3.8) is 0 Å². The molecular formula is C41H58N4O10. The molecule has 14 nitrogen and oxygen atoms in total. The number of alkyl carbamates (subject to hydrolysis) is 1. The molecule has 3 fully saturated rings. The highest BCUT2D eigenvalue weighted by Crippen LogP contribution is 2.40. The average Bonchev–Trinajstić information content (AvgIpc) is 3.47.